The highest BCUT2D eigenvalue weighted by Crippen LogP contribution is 2.37. The molecular weight excluding hydrogens is 257 g/mol. The predicted octanol–water partition coefficient (Wildman–Crippen LogP) is 4.03. The van der Waals surface area contributed by atoms with E-state index in [1.165, 1.54) is 6.07 Å². The first kappa shape index (κ1) is 12.2. The zero-order valence-corrected chi connectivity index (χ0v) is 10.6. The second kappa shape index (κ2) is 4.32. The average molecular weight is 270 g/mol. The lowest BCUT2D eigenvalue weighted by Gasteiger charge is -2.27. The van der Waals surface area contributed by atoms with Crippen LogP contribution in [0.2, 0.25) is 0 Å². The Hall–Kier alpha value is -0.880. The number of benzene rings is 1. The van der Waals surface area contributed by atoms with Gasteiger partial charge in [0.25, 0.3) is 0 Å². The summed E-state index contributed by atoms with van der Waals surface area (Å²) in [5.74, 6) is -0.280. The van der Waals surface area contributed by atoms with Crippen LogP contribution in [0.5, 0.6) is 0 Å². The maximum absolute atomic E-state index is 13.7. The van der Waals surface area contributed by atoms with Crippen molar-refractivity contribution in [3.8, 4) is 6.07 Å². The van der Waals surface area contributed by atoms with Crippen LogP contribution in [-0.4, -0.2) is 0 Å². The first-order valence-corrected chi connectivity index (χ1v) is 5.58. The Morgan fingerprint density at radius 1 is 1.47 bits per heavy atom. The van der Waals surface area contributed by atoms with E-state index in [2.05, 4.69) is 22.0 Å². The fourth-order valence-electron chi connectivity index (χ4n) is 1.47. The standard InChI is InChI=1S/C12H13BrFN/c1-8(2)12(3,7-15)11-9(13)5-4-6-10(11)14/h4-6,8H,1-3H3. The molecular formula is C12H13BrFN. The minimum atomic E-state index is -0.801. The van der Waals surface area contributed by atoms with Crippen LogP contribution >= 0.6 is 15.9 Å². The summed E-state index contributed by atoms with van der Waals surface area (Å²) in [6.07, 6.45) is 0. The number of nitriles is 1. The average Bonchev–Trinajstić information content (AvgIpc) is 2.16. The molecule has 15 heavy (non-hydrogen) atoms. The molecule has 0 saturated carbocycles. The molecule has 0 spiro atoms. The van der Waals surface area contributed by atoms with Crippen LogP contribution in [0.1, 0.15) is 26.3 Å². The summed E-state index contributed by atoms with van der Waals surface area (Å²) in [5, 5.41) is 9.22. The molecule has 0 aliphatic carbocycles. The van der Waals surface area contributed by atoms with Crippen molar-refractivity contribution >= 4 is 15.9 Å². The zero-order chi connectivity index (χ0) is 11.6. The van der Waals surface area contributed by atoms with E-state index in [9.17, 15) is 9.65 Å². The molecule has 0 radical (unpaired) electrons. The normalized spacial score (nSPS) is 14.7. The summed E-state index contributed by atoms with van der Waals surface area (Å²) in [7, 11) is 0. The number of rotatable bonds is 2. The van der Waals surface area contributed by atoms with Crippen LogP contribution in [0.4, 0.5) is 4.39 Å². The Labute approximate surface area is 98.0 Å². The summed E-state index contributed by atoms with van der Waals surface area (Å²) in [5.41, 5.74) is -0.355. The van der Waals surface area contributed by atoms with Gasteiger partial charge in [-0.25, -0.2) is 4.39 Å². The van der Waals surface area contributed by atoms with E-state index < -0.39 is 5.41 Å². The Kier molecular flexibility index (Phi) is 3.51. The third-order valence-corrected chi connectivity index (χ3v) is 3.53. The second-order valence-corrected chi connectivity index (χ2v) is 4.92. The highest BCUT2D eigenvalue weighted by Gasteiger charge is 2.34. The highest BCUT2D eigenvalue weighted by atomic mass is 79.9. The van der Waals surface area contributed by atoms with Gasteiger partial charge in [-0.3, -0.25) is 0 Å². The van der Waals surface area contributed by atoms with Crippen molar-refractivity contribution in [1.29, 1.82) is 5.26 Å². The summed E-state index contributed by atoms with van der Waals surface area (Å²) in [4.78, 5) is 0. The molecule has 1 unspecified atom stereocenters. The van der Waals surface area contributed by atoms with Crippen molar-refractivity contribution < 1.29 is 4.39 Å². The minimum Gasteiger partial charge on any atom is -0.207 e. The first-order chi connectivity index (χ1) is 6.93. The molecule has 0 fully saturated rings. The molecule has 0 aliphatic heterocycles. The molecule has 1 nitrogen and oxygen atoms in total. The van der Waals surface area contributed by atoms with Gasteiger partial charge in [0.1, 0.15) is 5.82 Å². The largest absolute Gasteiger partial charge is 0.207 e. The molecule has 0 aromatic heterocycles. The molecule has 0 aliphatic rings. The van der Waals surface area contributed by atoms with Gasteiger partial charge in [0, 0.05) is 10.0 Å². The number of nitrogens with zero attached hydrogens (tertiary/aromatic N) is 1. The van der Waals surface area contributed by atoms with Gasteiger partial charge in [0.05, 0.1) is 11.5 Å². The van der Waals surface area contributed by atoms with Crippen LogP contribution in [0.25, 0.3) is 0 Å². The molecule has 80 valence electrons. The lowest BCUT2D eigenvalue weighted by Crippen LogP contribution is -2.28. The predicted molar refractivity (Wildman–Crippen MR) is 61.9 cm³/mol. The van der Waals surface area contributed by atoms with E-state index >= 15 is 0 Å². The molecule has 0 heterocycles. The molecule has 0 bridgehead atoms. The van der Waals surface area contributed by atoms with Crippen molar-refractivity contribution in [2.24, 2.45) is 5.92 Å². The van der Waals surface area contributed by atoms with Crippen LogP contribution in [0, 0.1) is 23.1 Å². The molecule has 1 atom stereocenters. The quantitative estimate of drug-likeness (QED) is 0.796. The Morgan fingerprint density at radius 2 is 2.07 bits per heavy atom. The maximum atomic E-state index is 13.7. The summed E-state index contributed by atoms with van der Waals surface area (Å²) in [6.45, 7) is 5.60. The van der Waals surface area contributed by atoms with Gasteiger partial charge in [-0.05, 0) is 25.0 Å². The molecule has 1 aromatic carbocycles. The topological polar surface area (TPSA) is 23.8 Å². The van der Waals surface area contributed by atoms with E-state index in [1.807, 2.05) is 13.8 Å². The Bertz CT molecular complexity index is 388. The summed E-state index contributed by atoms with van der Waals surface area (Å²) >= 11 is 3.30. The molecule has 0 amide bonds. The third kappa shape index (κ3) is 2.05. The van der Waals surface area contributed by atoms with Gasteiger partial charge in [-0.15, -0.1) is 0 Å². The Morgan fingerprint density at radius 3 is 2.47 bits per heavy atom. The molecule has 0 saturated heterocycles. The number of halogens is 2. The van der Waals surface area contributed by atoms with Gasteiger partial charge in [-0.1, -0.05) is 35.8 Å². The second-order valence-electron chi connectivity index (χ2n) is 4.07. The van der Waals surface area contributed by atoms with Gasteiger partial charge in [0.2, 0.25) is 0 Å². The maximum Gasteiger partial charge on any atom is 0.129 e. The van der Waals surface area contributed by atoms with Crippen LogP contribution < -0.4 is 0 Å². The van der Waals surface area contributed by atoms with Crippen LogP contribution in [0.3, 0.4) is 0 Å². The Balaban J connectivity index is 3.44. The highest BCUT2D eigenvalue weighted by molar-refractivity contribution is 9.10. The zero-order valence-electron chi connectivity index (χ0n) is 9.01. The smallest absolute Gasteiger partial charge is 0.129 e. The molecule has 0 N–H and O–H groups in total. The van der Waals surface area contributed by atoms with Crippen molar-refractivity contribution in [3.63, 3.8) is 0 Å². The fourth-order valence-corrected chi connectivity index (χ4v) is 2.22. The monoisotopic (exact) mass is 269 g/mol. The van der Waals surface area contributed by atoms with Crippen LogP contribution in [-0.2, 0) is 5.41 Å². The van der Waals surface area contributed by atoms with Crippen LogP contribution in [0.15, 0.2) is 22.7 Å². The van der Waals surface area contributed by atoms with Gasteiger partial charge < -0.3 is 0 Å². The lowest BCUT2D eigenvalue weighted by atomic mass is 9.74. The molecule has 1 aromatic rings. The van der Waals surface area contributed by atoms with E-state index in [4.69, 9.17) is 0 Å². The van der Waals surface area contributed by atoms with Gasteiger partial charge in [-0.2, -0.15) is 5.26 Å². The van der Waals surface area contributed by atoms with Crippen molar-refractivity contribution in [2.45, 2.75) is 26.2 Å². The van der Waals surface area contributed by atoms with Crippen molar-refractivity contribution in [2.75, 3.05) is 0 Å². The van der Waals surface area contributed by atoms with Gasteiger partial charge >= 0.3 is 0 Å². The minimum absolute atomic E-state index is 0.0516. The van der Waals surface area contributed by atoms with Crippen molar-refractivity contribution in [3.05, 3.63) is 34.1 Å². The molecule has 3 heteroatoms. The van der Waals surface area contributed by atoms with Crippen molar-refractivity contribution in [1.82, 2.24) is 0 Å². The van der Waals surface area contributed by atoms with E-state index in [0.29, 0.717) is 10.0 Å². The summed E-state index contributed by atoms with van der Waals surface area (Å²) < 4.78 is 14.4. The number of hydrogen-bond acceptors (Lipinski definition) is 1. The van der Waals surface area contributed by atoms with E-state index in [0.717, 1.165) is 0 Å². The third-order valence-electron chi connectivity index (χ3n) is 2.87. The SMILES string of the molecule is CC(C)C(C)(C#N)c1c(F)cccc1Br. The van der Waals surface area contributed by atoms with E-state index in [1.54, 1.807) is 19.1 Å². The van der Waals surface area contributed by atoms with E-state index in [-0.39, 0.29) is 11.7 Å². The number of hydrogen-bond donors (Lipinski definition) is 0. The first-order valence-electron chi connectivity index (χ1n) is 4.79. The summed E-state index contributed by atoms with van der Waals surface area (Å²) in [6, 6.07) is 6.98. The van der Waals surface area contributed by atoms with Gasteiger partial charge in [0.15, 0.2) is 0 Å². The molecule has 1 rings (SSSR count). The fraction of sp³-hybridized carbons (Fsp3) is 0.417. The lowest BCUT2D eigenvalue weighted by molar-refractivity contribution is 0.410.